The molecule has 20 heavy (non-hydrogen) atoms. The Morgan fingerprint density at radius 3 is 2.60 bits per heavy atom. The highest BCUT2D eigenvalue weighted by Crippen LogP contribution is 2.35. The average molecular weight is 308 g/mol. The van der Waals surface area contributed by atoms with Crippen LogP contribution in [0.4, 0.5) is 5.69 Å². The van der Waals surface area contributed by atoms with Crippen LogP contribution >= 0.6 is 11.3 Å². The Kier molecular flexibility index (Phi) is 3.54. The number of sulfonamides is 1. The van der Waals surface area contributed by atoms with E-state index in [1.165, 1.54) is 0 Å². The van der Waals surface area contributed by atoms with Crippen molar-refractivity contribution in [3.8, 4) is 0 Å². The van der Waals surface area contributed by atoms with Gasteiger partial charge in [0.2, 0.25) is 10.0 Å². The fourth-order valence-electron chi connectivity index (χ4n) is 2.18. The third-order valence-electron chi connectivity index (χ3n) is 3.38. The number of anilines is 1. The van der Waals surface area contributed by atoms with E-state index in [0.717, 1.165) is 18.4 Å². The van der Waals surface area contributed by atoms with E-state index in [9.17, 15) is 8.42 Å². The maximum atomic E-state index is 12.8. The zero-order valence-corrected chi connectivity index (χ0v) is 12.5. The van der Waals surface area contributed by atoms with E-state index < -0.39 is 10.0 Å². The molecule has 1 heterocycles. The molecule has 1 saturated carbocycles. The van der Waals surface area contributed by atoms with E-state index in [1.54, 1.807) is 39.9 Å². The first-order valence-corrected chi connectivity index (χ1v) is 8.85. The Labute approximate surface area is 122 Å². The molecule has 0 amide bonds. The molecule has 0 bridgehead atoms. The molecule has 2 aromatic rings. The van der Waals surface area contributed by atoms with Gasteiger partial charge in [-0.05, 0) is 47.4 Å². The van der Waals surface area contributed by atoms with Crippen molar-refractivity contribution in [3.05, 3.63) is 46.7 Å². The Hall–Kier alpha value is -1.37. The maximum absolute atomic E-state index is 12.8. The minimum Gasteiger partial charge on any atom is -0.398 e. The van der Waals surface area contributed by atoms with E-state index in [2.05, 4.69) is 0 Å². The van der Waals surface area contributed by atoms with Crippen molar-refractivity contribution in [1.82, 2.24) is 4.31 Å². The number of hydrogen-bond acceptors (Lipinski definition) is 4. The Bertz CT molecular complexity index is 692. The second-order valence-electron chi connectivity index (χ2n) is 4.95. The van der Waals surface area contributed by atoms with E-state index in [1.807, 2.05) is 16.8 Å². The van der Waals surface area contributed by atoms with Gasteiger partial charge in [-0.25, -0.2) is 8.42 Å². The molecule has 1 fully saturated rings. The predicted octanol–water partition coefficient (Wildman–Crippen LogP) is 2.68. The number of nitrogen functional groups attached to an aromatic ring is 1. The molecule has 0 saturated heterocycles. The SMILES string of the molecule is Nc1ccccc1S(=O)(=O)N(Cc1ccsc1)C1CC1. The average Bonchev–Trinajstić information content (AvgIpc) is 3.12. The van der Waals surface area contributed by atoms with Crippen LogP contribution in [0.15, 0.2) is 46.0 Å². The van der Waals surface area contributed by atoms with Crippen molar-refractivity contribution in [2.24, 2.45) is 0 Å². The van der Waals surface area contributed by atoms with Gasteiger partial charge >= 0.3 is 0 Å². The summed E-state index contributed by atoms with van der Waals surface area (Å²) >= 11 is 1.58. The zero-order valence-electron chi connectivity index (χ0n) is 10.9. The van der Waals surface area contributed by atoms with E-state index in [4.69, 9.17) is 5.73 Å². The molecule has 0 radical (unpaired) electrons. The molecule has 0 atom stereocenters. The summed E-state index contributed by atoms with van der Waals surface area (Å²) in [5.41, 5.74) is 7.17. The number of thiophene rings is 1. The quantitative estimate of drug-likeness (QED) is 0.864. The normalized spacial score (nSPS) is 15.7. The topological polar surface area (TPSA) is 63.4 Å². The Balaban J connectivity index is 1.96. The molecule has 3 rings (SSSR count). The van der Waals surface area contributed by atoms with Crippen LogP contribution < -0.4 is 5.73 Å². The summed E-state index contributed by atoms with van der Waals surface area (Å²) in [6.45, 7) is 0.421. The smallest absolute Gasteiger partial charge is 0.245 e. The molecule has 1 aromatic heterocycles. The highest BCUT2D eigenvalue weighted by atomic mass is 32.2. The number of nitrogens with zero attached hydrogens (tertiary/aromatic N) is 1. The Morgan fingerprint density at radius 2 is 2.00 bits per heavy atom. The minimum atomic E-state index is -3.53. The highest BCUT2D eigenvalue weighted by Gasteiger charge is 2.38. The highest BCUT2D eigenvalue weighted by molar-refractivity contribution is 7.89. The molecule has 0 unspecified atom stereocenters. The van der Waals surface area contributed by atoms with E-state index >= 15 is 0 Å². The standard InChI is InChI=1S/C14H16N2O2S2/c15-13-3-1-2-4-14(13)20(17,18)16(12-5-6-12)9-11-7-8-19-10-11/h1-4,7-8,10,12H,5-6,9,15H2. The first-order valence-electron chi connectivity index (χ1n) is 6.46. The van der Waals surface area contributed by atoms with Crippen LogP contribution in [-0.4, -0.2) is 18.8 Å². The second kappa shape index (κ2) is 5.20. The van der Waals surface area contributed by atoms with Crippen LogP contribution in [-0.2, 0) is 16.6 Å². The monoisotopic (exact) mass is 308 g/mol. The molecular formula is C14H16N2O2S2. The predicted molar refractivity (Wildman–Crippen MR) is 80.9 cm³/mol. The molecule has 106 valence electrons. The van der Waals surface area contributed by atoms with Gasteiger partial charge < -0.3 is 5.73 Å². The lowest BCUT2D eigenvalue weighted by atomic mass is 10.3. The van der Waals surface area contributed by atoms with Gasteiger partial charge in [0.1, 0.15) is 4.90 Å². The van der Waals surface area contributed by atoms with Crippen molar-refractivity contribution in [1.29, 1.82) is 0 Å². The van der Waals surface area contributed by atoms with Crippen molar-refractivity contribution in [3.63, 3.8) is 0 Å². The molecule has 2 N–H and O–H groups in total. The summed E-state index contributed by atoms with van der Waals surface area (Å²) < 4.78 is 27.2. The van der Waals surface area contributed by atoms with Gasteiger partial charge in [0.15, 0.2) is 0 Å². The molecule has 1 aromatic carbocycles. The van der Waals surface area contributed by atoms with E-state index in [-0.39, 0.29) is 10.9 Å². The molecule has 0 aliphatic heterocycles. The van der Waals surface area contributed by atoms with Crippen LogP contribution in [0.3, 0.4) is 0 Å². The van der Waals surface area contributed by atoms with Crippen LogP contribution in [0.2, 0.25) is 0 Å². The van der Waals surface area contributed by atoms with Gasteiger partial charge in [-0.1, -0.05) is 12.1 Å². The third-order valence-corrected chi connectivity index (χ3v) is 6.08. The fourth-order valence-corrected chi connectivity index (χ4v) is 4.63. The number of benzene rings is 1. The van der Waals surface area contributed by atoms with Crippen molar-refractivity contribution in [2.45, 2.75) is 30.3 Å². The Morgan fingerprint density at radius 1 is 1.25 bits per heavy atom. The second-order valence-corrected chi connectivity index (χ2v) is 7.59. The third kappa shape index (κ3) is 2.59. The molecule has 1 aliphatic carbocycles. The summed E-state index contributed by atoms with van der Waals surface area (Å²) in [5, 5.41) is 3.95. The van der Waals surface area contributed by atoms with Gasteiger partial charge in [-0.15, -0.1) is 0 Å². The molecule has 0 spiro atoms. The van der Waals surface area contributed by atoms with Gasteiger partial charge in [-0.3, -0.25) is 0 Å². The number of nitrogens with two attached hydrogens (primary N) is 1. The lowest BCUT2D eigenvalue weighted by Crippen LogP contribution is -2.33. The van der Waals surface area contributed by atoms with Gasteiger partial charge in [0.25, 0.3) is 0 Å². The first-order chi connectivity index (χ1) is 9.59. The van der Waals surface area contributed by atoms with Gasteiger partial charge in [0.05, 0.1) is 5.69 Å². The molecular weight excluding hydrogens is 292 g/mol. The van der Waals surface area contributed by atoms with Crippen molar-refractivity contribution >= 4 is 27.0 Å². The molecule has 6 heteroatoms. The van der Waals surface area contributed by atoms with Crippen molar-refractivity contribution in [2.75, 3.05) is 5.73 Å². The summed E-state index contributed by atoms with van der Waals surface area (Å²) in [5.74, 6) is 0. The number of hydrogen-bond donors (Lipinski definition) is 1. The van der Waals surface area contributed by atoms with Crippen LogP contribution in [0.5, 0.6) is 0 Å². The van der Waals surface area contributed by atoms with Gasteiger partial charge in [0, 0.05) is 12.6 Å². The summed E-state index contributed by atoms with van der Waals surface area (Å²) in [7, 11) is -3.53. The van der Waals surface area contributed by atoms with Crippen molar-refractivity contribution < 1.29 is 8.42 Å². The van der Waals surface area contributed by atoms with Crippen LogP contribution in [0.1, 0.15) is 18.4 Å². The summed E-state index contributed by atoms with van der Waals surface area (Å²) in [6.07, 6.45) is 1.85. The van der Waals surface area contributed by atoms with Crippen LogP contribution in [0, 0.1) is 0 Å². The fraction of sp³-hybridized carbons (Fsp3) is 0.286. The van der Waals surface area contributed by atoms with Gasteiger partial charge in [-0.2, -0.15) is 15.6 Å². The first kappa shape index (κ1) is 13.6. The molecule has 1 aliphatic rings. The largest absolute Gasteiger partial charge is 0.398 e. The lowest BCUT2D eigenvalue weighted by molar-refractivity contribution is 0.399. The van der Waals surface area contributed by atoms with E-state index in [0.29, 0.717) is 12.2 Å². The number of rotatable bonds is 5. The lowest BCUT2D eigenvalue weighted by Gasteiger charge is -2.22. The zero-order chi connectivity index (χ0) is 14.2. The number of para-hydroxylation sites is 1. The summed E-state index contributed by atoms with van der Waals surface area (Å²) in [6, 6.07) is 8.73. The molecule has 4 nitrogen and oxygen atoms in total. The van der Waals surface area contributed by atoms with Crippen LogP contribution in [0.25, 0.3) is 0 Å². The minimum absolute atomic E-state index is 0.111. The maximum Gasteiger partial charge on any atom is 0.245 e. The summed E-state index contributed by atoms with van der Waals surface area (Å²) in [4.78, 5) is 0.210.